The van der Waals surface area contributed by atoms with E-state index in [9.17, 15) is 0 Å². The van der Waals surface area contributed by atoms with E-state index in [4.69, 9.17) is 9.47 Å². The Balaban J connectivity index is 1.36. The molecule has 0 saturated heterocycles. The van der Waals surface area contributed by atoms with E-state index in [-0.39, 0.29) is 0 Å². The molecule has 5 rings (SSSR count). The lowest BCUT2D eigenvalue weighted by Gasteiger charge is -2.31. The summed E-state index contributed by atoms with van der Waals surface area (Å²) in [6, 6.07) is 23.6. The minimum Gasteiger partial charge on any atom is -0.478 e. The van der Waals surface area contributed by atoms with E-state index in [1.807, 2.05) is 6.07 Å². The molecule has 0 saturated carbocycles. The van der Waals surface area contributed by atoms with Crippen molar-refractivity contribution in [2.75, 3.05) is 25.4 Å². The van der Waals surface area contributed by atoms with Gasteiger partial charge in [0.1, 0.15) is 18.2 Å². The smallest absolute Gasteiger partial charge is 0.161 e. The van der Waals surface area contributed by atoms with Crippen LogP contribution in [0.25, 0.3) is 0 Å². The second-order valence-electron chi connectivity index (χ2n) is 7.66. The van der Waals surface area contributed by atoms with Gasteiger partial charge in [-0.05, 0) is 54.9 Å². The average Bonchev–Trinajstić information content (AvgIpc) is 2.73. The third kappa shape index (κ3) is 3.43. The summed E-state index contributed by atoms with van der Waals surface area (Å²) in [7, 11) is 2.08. The Hall–Kier alpha value is -2.98. The Bertz CT molecular complexity index is 987. The SMILES string of the molecule is CN1COc2ccc(Cc3ccc4c(c3)CN(c3ccccc3)CO4)cc2C1. The maximum absolute atomic E-state index is 5.99. The van der Waals surface area contributed by atoms with E-state index >= 15 is 0 Å². The van der Waals surface area contributed by atoms with E-state index < -0.39 is 0 Å². The Morgan fingerprint density at radius 2 is 1.39 bits per heavy atom. The van der Waals surface area contributed by atoms with Crippen LogP contribution in [0, 0.1) is 0 Å². The Kier molecular flexibility index (Phi) is 4.41. The van der Waals surface area contributed by atoms with Crippen molar-refractivity contribution in [1.29, 1.82) is 0 Å². The lowest BCUT2D eigenvalue weighted by atomic mass is 9.99. The molecule has 0 aliphatic carbocycles. The number of anilines is 1. The van der Waals surface area contributed by atoms with E-state index in [0.717, 1.165) is 31.0 Å². The molecule has 2 aliphatic rings. The van der Waals surface area contributed by atoms with Crippen LogP contribution in [-0.2, 0) is 19.5 Å². The molecular weight excluding hydrogens is 348 g/mol. The zero-order chi connectivity index (χ0) is 18.9. The number of para-hydroxylation sites is 1. The van der Waals surface area contributed by atoms with Gasteiger partial charge in [-0.25, -0.2) is 0 Å². The van der Waals surface area contributed by atoms with Crippen LogP contribution in [0.15, 0.2) is 66.7 Å². The maximum Gasteiger partial charge on any atom is 0.161 e. The number of ether oxygens (including phenoxy) is 2. The molecule has 0 amide bonds. The van der Waals surface area contributed by atoms with E-state index in [1.165, 1.54) is 27.9 Å². The Labute approximate surface area is 165 Å². The molecule has 3 aromatic carbocycles. The molecule has 0 N–H and O–H groups in total. The number of fused-ring (bicyclic) bond motifs is 2. The molecule has 2 heterocycles. The molecule has 0 bridgehead atoms. The lowest BCUT2D eigenvalue weighted by molar-refractivity contribution is 0.121. The largest absolute Gasteiger partial charge is 0.478 e. The summed E-state index contributed by atoms with van der Waals surface area (Å²) in [5.74, 6) is 2.01. The van der Waals surface area contributed by atoms with Gasteiger partial charge in [-0.15, -0.1) is 0 Å². The number of nitrogens with zero attached hydrogens (tertiary/aromatic N) is 2. The van der Waals surface area contributed by atoms with Gasteiger partial charge in [0.05, 0.1) is 0 Å². The number of hydrogen-bond donors (Lipinski definition) is 0. The number of benzene rings is 3. The van der Waals surface area contributed by atoms with Crippen LogP contribution in [0.5, 0.6) is 11.5 Å². The summed E-state index contributed by atoms with van der Waals surface area (Å²) < 4.78 is 11.8. The van der Waals surface area contributed by atoms with Crippen molar-refractivity contribution in [3.05, 3.63) is 89.0 Å². The molecule has 28 heavy (non-hydrogen) atoms. The first-order valence-electron chi connectivity index (χ1n) is 9.72. The second kappa shape index (κ2) is 7.21. The lowest BCUT2D eigenvalue weighted by Crippen LogP contribution is -2.31. The molecule has 3 aromatic rings. The fourth-order valence-electron chi connectivity index (χ4n) is 3.97. The summed E-state index contributed by atoms with van der Waals surface area (Å²) in [5.41, 5.74) is 6.32. The molecular formula is C24H24N2O2. The highest BCUT2D eigenvalue weighted by atomic mass is 16.5. The average molecular weight is 372 g/mol. The zero-order valence-corrected chi connectivity index (χ0v) is 16.1. The van der Waals surface area contributed by atoms with Crippen molar-refractivity contribution in [1.82, 2.24) is 4.90 Å². The van der Waals surface area contributed by atoms with Gasteiger partial charge in [0.25, 0.3) is 0 Å². The van der Waals surface area contributed by atoms with Crippen LogP contribution < -0.4 is 14.4 Å². The number of rotatable bonds is 3. The summed E-state index contributed by atoms with van der Waals surface area (Å²) >= 11 is 0. The molecule has 0 fully saturated rings. The molecule has 0 spiro atoms. The molecule has 4 heteroatoms. The second-order valence-corrected chi connectivity index (χ2v) is 7.66. The highest BCUT2D eigenvalue weighted by molar-refractivity contribution is 5.51. The summed E-state index contributed by atoms with van der Waals surface area (Å²) in [6.45, 7) is 3.06. The fraction of sp³-hybridized carbons (Fsp3) is 0.250. The van der Waals surface area contributed by atoms with Crippen molar-refractivity contribution in [3.63, 3.8) is 0 Å². The van der Waals surface area contributed by atoms with Gasteiger partial charge in [-0.2, -0.15) is 0 Å². The van der Waals surface area contributed by atoms with E-state index in [0.29, 0.717) is 13.5 Å². The minimum atomic E-state index is 0.592. The minimum absolute atomic E-state index is 0.592. The first-order valence-corrected chi connectivity index (χ1v) is 9.72. The summed E-state index contributed by atoms with van der Waals surface area (Å²) in [4.78, 5) is 4.44. The predicted octanol–water partition coefficient (Wildman–Crippen LogP) is 4.42. The fourth-order valence-corrected chi connectivity index (χ4v) is 3.97. The van der Waals surface area contributed by atoms with Gasteiger partial charge in [-0.1, -0.05) is 36.4 Å². The van der Waals surface area contributed by atoms with Crippen LogP contribution in [0.1, 0.15) is 22.3 Å². The van der Waals surface area contributed by atoms with E-state index in [2.05, 4.69) is 77.5 Å². The normalized spacial score (nSPS) is 16.0. The molecule has 0 radical (unpaired) electrons. The highest BCUT2D eigenvalue weighted by Gasteiger charge is 2.18. The molecule has 0 atom stereocenters. The first-order chi connectivity index (χ1) is 13.7. The van der Waals surface area contributed by atoms with Crippen LogP contribution in [0.2, 0.25) is 0 Å². The van der Waals surface area contributed by atoms with Crippen LogP contribution in [-0.4, -0.2) is 25.4 Å². The van der Waals surface area contributed by atoms with Crippen molar-refractivity contribution in [2.45, 2.75) is 19.5 Å². The van der Waals surface area contributed by atoms with E-state index in [1.54, 1.807) is 0 Å². The van der Waals surface area contributed by atoms with Gasteiger partial charge in [0.15, 0.2) is 6.73 Å². The Morgan fingerprint density at radius 1 is 0.750 bits per heavy atom. The van der Waals surface area contributed by atoms with Gasteiger partial charge >= 0.3 is 0 Å². The van der Waals surface area contributed by atoms with Gasteiger partial charge in [0.2, 0.25) is 0 Å². The van der Waals surface area contributed by atoms with Crippen LogP contribution >= 0.6 is 0 Å². The topological polar surface area (TPSA) is 24.9 Å². The first kappa shape index (κ1) is 17.1. The van der Waals surface area contributed by atoms with Gasteiger partial charge in [0, 0.05) is 29.9 Å². The van der Waals surface area contributed by atoms with Crippen molar-refractivity contribution >= 4 is 5.69 Å². The standard InChI is InChI=1S/C24H24N2O2/c1-25-14-20-12-18(7-9-23(20)27-16-25)11-19-8-10-24-21(13-19)15-26(17-28-24)22-5-3-2-4-6-22/h2-10,12-13H,11,14-17H2,1H3. The molecule has 142 valence electrons. The van der Waals surface area contributed by atoms with Crippen molar-refractivity contribution < 1.29 is 9.47 Å². The van der Waals surface area contributed by atoms with Crippen LogP contribution in [0.3, 0.4) is 0 Å². The highest BCUT2D eigenvalue weighted by Crippen LogP contribution is 2.31. The van der Waals surface area contributed by atoms with Crippen LogP contribution in [0.4, 0.5) is 5.69 Å². The van der Waals surface area contributed by atoms with Crippen molar-refractivity contribution in [3.8, 4) is 11.5 Å². The third-order valence-electron chi connectivity index (χ3n) is 5.40. The molecule has 0 unspecified atom stereocenters. The van der Waals surface area contributed by atoms with Crippen molar-refractivity contribution in [2.24, 2.45) is 0 Å². The third-order valence-corrected chi connectivity index (χ3v) is 5.40. The molecule has 4 nitrogen and oxygen atoms in total. The summed E-state index contributed by atoms with van der Waals surface area (Å²) in [5, 5.41) is 0. The Morgan fingerprint density at radius 3 is 2.11 bits per heavy atom. The zero-order valence-electron chi connectivity index (χ0n) is 16.1. The monoisotopic (exact) mass is 372 g/mol. The molecule has 0 aromatic heterocycles. The predicted molar refractivity (Wildman–Crippen MR) is 111 cm³/mol. The number of hydrogen-bond acceptors (Lipinski definition) is 4. The molecule has 2 aliphatic heterocycles. The maximum atomic E-state index is 5.99. The summed E-state index contributed by atoms with van der Waals surface area (Å²) in [6.07, 6.45) is 0.912. The quantitative estimate of drug-likeness (QED) is 0.680. The van der Waals surface area contributed by atoms with Gasteiger partial charge in [-0.3, -0.25) is 4.90 Å². The van der Waals surface area contributed by atoms with Gasteiger partial charge < -0.3 is 14.4 Å².